The number of hydrogen-bond acceptors (Lipinski definition) is 1. The molecule has 0 aliphatic heterocycles. The molecule has 0 amide bonds. The van der Waals surface area contributed by atoms with Crippen LogP contribution in [0, 0.1) is 0 Å². The van der Waals surface area contributed by atoms with Crippen LogP contribution in [0.3, 0.4) is 0 Å². The van der Waals surface area contributed by atoms with Crippen molar-refractivity contribution in [3.63, 3.8) is 0 Å². The summed E-state index contributed by atoms with van der Waals surface area (Å²) in [6.45, 7) is 0. The summed E-state index contributed by atoms with van der Waals surface area (Å²) in [5, 5.41) is 3.79. The molecule has 0 heterocycles. The van der Waals surface area contributed by atoms with Gasteiger partial charge in [-0.3, -0.25) is 4.79 Å². The summed E-state index contributed by atoms with van der Waals surface area (Å²) < 4.78 is 0. The molecule has 0 N–H and O–H groups in total. The fourth-order valence-electron chi connectivity index (χ4n) is 2.75. The lowest BCUT2D eigenvalue weighted by Gasteiger charge is -2.18. The summed E-state index contributed by atoms with van der Waals surface area (Å²) in [5.41, 5.74) is 0.541. The second kappa shape index (κ2) is 10.6. The number of rotatable bonds is 4. The van der Waals surface area contributed by atoms with Gasteiger partial charge < -0.3 is 0 Å². The maximum atomic E-state index is 10.4. The Morgan fingerprint density at radius 1 is 0.500 bits per heavy atom. The van der Waals surface area contributed by atoms with Crippen molar-refractivity contribution in [3.05, 3.63) is 127 Å². The van der Waals surface area contributed by atoms with E-state index in [9.17, 15) is 4.79 Å². The summed E-state index contributed by atoms with van der Waals surface area (Å²) >= 11 is 5.16. The minimum Gasteiger partial charge on any atom is -0.276 e. The predicted molar refractivity (Wildman–Crippen MR) is 122 cm³/mol. The van der Waals surface area contributed by atoms with Gasteiger partial charge >= 0.3 is 0 Å². The first kappa shape index (κ1) is 20.0. The van der Waals surface area contributed by atoms with Gasteiger partial charge in [0, 0.05) is 5.56 Å². The molecule has 0 aliphatic rings. The Hall–Kier alpha value is -2.73. The van der Waals surface area contributed by atoms with Crippen molar-refractivity contribution in [2.45, 2.75) is 0 Å². The normalized spacial score (nSPS) is 10.1. The van der Waals surface area contributed by atoms with E-state index in [2.05, 4.69) is 91.0 Å². The van der Waals surface area contributed by atoms with E-state index in [1.165, 1.54) is 15.9 Å². The minimum absolute atomic E-state index is 0.407. The topological polar surface area (TPSA) is 17.1 Å². The molecule has 1 nitrogen and oxygen atoms in total. The van der Waals surface area contributed by atoms with Crippen LogP contribution in [0.25, 0.3) is 0 Å². The fourth-order valence-corrected chi connectivity index (χ4v) is 5.18. The molecule has 0 atom stereocenters. The predicted octanol–water partition coefficient (Wildman–Crippen LogP) is 5.51. The molecule has 0 saturated carbocycles. The van der Waals surface area contributed by atoms with Crippen molar-refractivity contribution >= 4 is 40.7 Å². The third-order valence-electron chi connectivity index (χ3n) is 4.04. The van der Waals surface area contributed by atoms with Crippen LogP contribution in [0.1, 0.15) is 10.4 Å². The summed E-state index contributed by atoms with van der Waals surface area (Å²) in [6.07, 6.45) is 0. The average Bonchev–Trinajstić information content (AvgIpc) is 2.77. The molecule has 0 unspecified atom stereocenters. The highest BCUT2D eigenvalue weighted by Gasteiger charge is 2.14. The lowest BCUT2D eigenvalue weighted by molar-refractivity contribution is 0.108. The van der Waals surface area contributed by atoms with Gasteiger partial charge in [-0.05, 0) is 35.4 Å². The number of benzene rings is 4. The zero-order chi connectivity index (χ0) is 19.6. The molecule has 4 rings (SSSR count). The van der Waals surface area contributed by atoms with Crippen molar-refractivity contribution in [1.82, 2.24) is 0 Å². The molecule has 3 heteroatoms. The van der Waals surface area contributed by atoms with Gasteiger partial charge in [-0.2, -0.15) is 0 Å². The van der Waals surface area contributed by atoms with Gasteiger partial charge in [-0.25, -0.2) is 0 Å². The van der Waals surface area contributed by atoms with E-state index in [1.807, 2.05) is 6.07 Å². The molecule has 0 aromatic heterocycles. The molecular formula is C25H20ClOP. The molecule has 4 aromatic rings. The molecule has 0 saturated heterocycles. The van der Waals surface area contributed by atoms with E-state index >= 15 is 0 Å². The number of carbonyl (C=O) groups is 1. The van der Waals surface area contributed by atoms with Crippen molar-refractivity contribution in [2.75, 3.05) is 0 Å². The van der Waals surface area contributed by atoms with Crippen molar-refractivity contribution < 1.29 is 4.79 Å². The van der Waals surface area contributed by atoms with Gasteiger partial charge in [0.15, 0.2) is 0 Å². The summed E-state index contributed by atoms with van der Waals surface area (Å²) in [4.78, 5) is 10.4. The van der Waals surface area contributed by atoms with Crippen LogP contribution in [0.4, 0.5) is 0 Å². The summed E-state index contributed by atoms with van der Waals surface area (Å²) in [7, 11) is -0.446. The molecule has 0 fully saturated rings. The molecule has 0 spiro atoms. The zero-order valence-electron chi connectivity index (χ0n) is 15.3. The van der Waals surface area contributed by atoms with Crippen molar-refractivity contribution in [2.24, 2.45) is 0 Å². The first-order chi connectivity index (χ1) is 13.8. The van der Waals surface area contributed by atoms with Gasteiger partial charge in [0.1, 0.15) is 0 Å². The molecular weight excluding hydrogens is 383 g/mol. The lowest BCUT2D eigenvalue weighted by Crippen LogP contribution is -2.20. The third kappa shape index (κ3) is 5.63. The Morgan fingerprint density at radius 3 is 1.04 bits per heavy atom. The molecule has 0 aliphatic carbocycles. The van der Waals surface area contributed by atoms with E-state index in [-0.39, 0.29) is 0 Å². The fraction of sp³-hybridized carbons (Fsp3) is 0. The standard InChI is InChI=1S/C18H15P.C7H5ClO/c1-4-10-16(11-5-1)19(17-12-6-2-7-13-17)18-14-8-3-9-15-18;8-7(9)6-4-2-1-3-5-6/h1-15H;1-5H. The quantitative estimate of drug-likeness (QED) is 0.325. The molecule has 138 valence electrons. The van der Waals surface area contributed by atoms with E-state index in [4.69, 9.17) is 11.6 Å². The molecule has 28 heavy (non-hydrogen) atoms. The average molecular weight is 403 g/mol. The van der Waals surface area contributed by atoms with E-state index in [0.29, 0.717) is 5.56 Å². The second-order valence-corrected chi connectivity index (χ2v) is 8.55. The monoisotopic (exact) mass is 402 g/mol. The Balaban J connectivity index is 0.000000211. The first-order valence-electron chi connectivity index (χ1n) is 8.96. The summed E-state index contributed by atoms with van der Waals surface area (Å²) in [6, 6.07) is 41.1. The number of hydrogen-bond donors (Lipinski definition) is 0. The Morgan fingerprint density at radius 2 is 0.786 bits per heavy atom. The third-order valence-corrected chi connectivity index (χ3v) is 6.71. The molecule has 0 bridgehead atoms. The zero-order valence-corrected chi connectivity index (χ0v) is 16.9. The summed E-state index contributed by atoms with van der Waals surface area (Å²) in [5.74, 6) is 0. The van der Waals surface area contributed by atoms with Crippen LogP contribution >= 0.6 is 19.5 Å². The SMILES string of the molecule is O=C(Cl)c1ccccc1.c1ccc(P(c2ccccc2)c2ccccc2)cc1. The Bertz CT molecular complexity index is 880. The van der Waals surface area contributed by atoms with Gasteiger partial charge in [-0.15, -0.1) is 0 Å². The highest BCUT2D eigenvalue weighted by Crippen LogP contribution is 2.32. The van der Waals surface area contributed by atoms with Gasteiger partial charge in [0.2, 0.25) is 0 Å². The lowest BCUT2D eigenvalue weighted by atomic mass is 10.2. The molecule has 4 aromatic carbocycles. The van der Waals surface area contributed by atoms with Gasteiger partial charge in [0.05, 0.1) is 0 Å². The van der Waals surface area contributed by atoms with Gasteiger partial charge in [0.25, 0.3) is 5.24 Å². The largest absolute Gasteiger partial charge is 0.276 e. The first-order valence-corrected chi connectivity index (χ1v) is 10.7. The van der Waals surface area contributed by atoms with E-state index in [0.717, 1.165) is 0 Å². The van der Waals surface area contributed by atoms with Crippen LogP contribution in [0.2, 0.25) is 0 Å². The van der Waals surface area contributed by atoms with Crippen LogP contribution in [-0.2, 0) is 0 Å². The van der Waals surface area contributed by atoms with Crippen LogP contribution < -0.4 is 15.9 Å². The maximum Gasteiger partial charge on any atom is 0.252 e. The van der Waals surface area contributed by atoms with Crippen LogP contribution in [-0.4, -0.2) is 5.24 Å². The van der Waals surface area contributed by atoms with Gasteiger partial charge in [-0.1, -0.05) is 121 Å². The Labute approximate surface area is 172 Å². The van der Waals surface area contributed by atoms with Crippen molar-refractivity contribution in [3.8, 4) is 0 Å². The second-order valence-electron chi connectivity index (χ2n) is 5.98. The maximum absolute atomic E-state index is 10.4. The smallest absolute Gasteiger partial charge is 0.252 e. The minimum atomic E-state index is -0.446. The number of carbonyl (C=O) groups excluding carboxylic acids is 1. The highest BCUT2D eigenvalue weighted by molar-refractivity contribution is 7.79. The van der Waals surface area contributed by atoms with Crippen molar-refractivity contribution in [1.29, 1.82) is 0 Å². The van der Waals surface area contributed by atoms with E-state index < -0.39 is 13.2 Å². The molecule has 0 radical (unpaired) electrons. The van der Waals surface area contributed by atoms with Crippen LogP contribution in [0.15, 0.2) is 121 Å². The van der Waals surface area contributed by atoms with E-state index in [1.54, 1.807) is 24.3 Å². The number of halogens is 1. The van der Waals surface area contributed by atoms with Crippen LogP contribution in [0.5, 0.6) is 0 Å². The highest BCUT2D eigenvalue weighted by atomic mass is 35.5. The Kier molecular flexibility index (Phi) is 7.55.